The summed E-state index contributed by atoms with van der Waals surface area (Å²) in [7, 11) is 1.40. The first kappa shape index (κ1) is 10.9. The maximum absolute atomic E-state index is 13.0. The molecule has 1 aromatic rings. The first-order valence-corrected chi connectivity index (χ1v) is 3.97. The molecule has 0 aliphatic carbocycles. The number of halogens is 1. The fraction of sp³-hybridized carbons (Fsp3) is 0.125. The van der Waals surface area contributed by atoms with Crippen molar-refractivity contribution in [2.75, 3.05) is 12.4 Å². The molecule has 0 saturated heterocycles. The van der Waals surface area contributed by atoms with Crippen LogP contribution in [-0.2, 0) is 0 Å². The van der Waals surface area contributed by atoms with Crippen LogP contribution in [-0.4, -0.2) is 18.0 Å². The van der Waals surface area contributed by atoms with Gasteiger partial charge in [0.2, 0.25) is 5.82 Å². The number of amides is 2. The molecule has 6 nitrogen and oxygen atoms in total. The molecule has 2 amide bonds. The second-order valence-electron chi connectivity index (χ2n) is 2.63. The molecule has 15 heavy (non-hydrogen) atoms. The first-order chi connectivity index (χ1) is 7.04. The van der Waals surface area contributed by atoms with E-state index in [1.54, 1.807) is 0 Å². The highest BCUT2D eigenvalue weighted by atomic mass is 19.1. The van der Waals surface area contributed by atoms with Crippen LogP contribution >= 0.6 is 0 Å². The van der Waals surface area contributed by atoms with Gasteiger partial charge in [-0.1, -0.05) is 0 Å². The van der Waals surface area contributed by atoms with Gasteiger partial charge in [0.1, 0.15) is 0 Å². The molecule has 80 valence electrons. The van der Waals surface area contributed by atoms with Crippen molar-refractivity contribution in [1.29, 1.82) is 0 Å². The molecule has 0 saturated carbocycles. The van der Waals surface area contributed by atoms with Crippen LogP contribution in [0.3, 0.4) is 0 Å². The van der Waals surface area contributed by atoms with Crippen LogP contribution in [0.5, 0.6) is 0 Å². The highest BCUT2D eigenvalue weighted by Gasteiger charge is 2.14. The summed E-state index contributed by atoms with van der Waals surface area (Å²) in [5, 5.41) is 14.8. The van der Waals surface area contributed by atoms with Gasteiger partial charge >= 0.3 is 11.7 Å². The topological polar surface area (TPSA) is 84.3 Å². The molecule has 0 bridgehead atoms. The van der Waals surface area contributed by atoms with E-state index in [2.05, 4.69) is 10.6 Å². The Morgan fingerprint density at radius 1 is 1.53 bits per heavy atom. The lowest BCUT2D eigenvalue weighted by molar-refractivity contribution is -0.387. The maximum Gasteiger partial charge on any atom is 0.318 e. The van der Waals surface area contributed by atoms with Crippen LogP contribution in [0.2, 0.25) is 0 Å². The summed E-state index contributed by atoms with van der Waals surface area (Å²) in [5.74, 6) is -0.992. The van der Waals surface area contributed by atoms with Crippen molar-refractivity contribution in [3.8, 4) is 0 Å². The number of urea groups is 1. The minimum atomic E-state index is -0.992. The molecule has 0 atom stereocenters. The molecular formula is C8H8FN3O3. The minimum absolute atomic E-state index is 0.150. The van der Waals surface area contributed by atoms with Gasteiger partial charge in [-0.05, 0) is 6.07 Å². The lowest BCUT2D eigenvalue weighted by Gasteiger charge is -2.03. The molecule has 7 heteroatoms. The zero-order valence-electron chi connectivity index (χ0n) is 7.78. The van der Waals surface area contributed by atoms with Crippen LogP contribution in [0.15, 0.2) is 18.2 Å². The number of benzene rings is 1. The Morgan fingerprint density at radius 2 is 2.20 bits per heavy atom. The average Bonchev–Trinajstić information content (AvgIpc) is 2.17. The Morgan fingerprint density at radius 3 is 2.67 bits per heavy atom. The van der Waals surface area contributed by atoms with E-state index < -0.39 is 22.5 Å². The van der Waals surface area contributed by atoms with Crippen LogP contribution in [0.25, 0.3) is 0 Å². The predicted octanol–water partition coefficient (Wildman–Crippen LogP) is 1.49. The summed E-state index contributed by atoms with van der Waals surface area (Å²) in [4.78, 5) is 20.3. The van der Waals surface area contributed by atoms with Gasteiger partial charge in [-0.15, -0.1) is 0 Å². The largest absolute Gasteiger partial charge is 0.341 e. The van der Waals surface area contributed by atoms with Crippen molar-refractivity contribution in [2.45, 2.75) is 0 Å². The van der Waals surface area contributed by atoms with E-state index in [0.29, 0.717) is 0 Å². The number of nitrogens with one attached hydrogen (secondary N) is 2. The van der Waals surface area contributed by atoms with Crippen molar-refractivity contribution < 1.29 is 14.1 Å². The van der Waals surface area contributed by atoms with Gasteiger partial charge in [-0.3, -0.25) is 10.1 Å². The van der Waals surface area contributed by atoms with Gasteiger partial charge < -0.3 is 10.6 Å². The number of hydrogen-bond acceptors (Lipinski definition) is 3. The minimum Gasteiger partial charge on any atom is -0.341 e. The van der Waals surface area contributed by atoms with Crippen LogP contribution < -0.4 is 10.6 Å². The van der Waals surface area contributed by atoms with E-state index in [4.69, 9.17) is 0 Å². The third kappa shape index (κ3) is 2.63. The van der Waals surface area contributed by atoms with Gasteiger partial charge in [0.25, 0.3) is 0 Å². The fourth-order valence-corrected chi connectivity index (χ4v) is 0.926. The molecule has 0 aromatic heterocycles. The van der Waals surface area contributed by atoms with Crippen molar-refractivity contribution in [3.63, 3.8) is 0 Å². The normalized spacial score (nSPS) is 9.47. The Balaban J connectivity index is 2.91. The molecule has 0 spiro atoms. The number of carbonyl (C=O) groups excluding carboxylic acids is 1. The summed E-state index contributed by atoms with van der Waals surface area (Å²) in [6.45, 7) is 0. The number of nitro benzene ring substituents is 1. The van der Waals surface area contributed by atoms with E-state index in [1.165, 1.54) is 13.1 Å². The van der Waals surface area contributed by atoms with Crippen molar-refractivity contribution in [3.05, 3.63) is 34.1 Å². The number of rotatable bonds is 2. The van der Waals surface area contributed by atoms with E-state index in [9.17, 15) is 19.3 Å². The highest BCUT2D eigenvalue weighted by molar-refractivity contribution is 5.89. The van der Waals surface area contributed by atoms with Gasteiger partial charge in [0, 0.05) is 24.9 Å². The molecule has 0 unspecified atom stereocenters. The summed E-state index contributed by atoms with van der Waals surface area (Å²) in [5.41, 5.74) is -0.477. The molecule has 1 rings (SSSR count). The van der Waals surface area contributed by atoms with Gasteiger partial charge in [-0.25, -0.2) is 4.79 Å². The number of nitrogens with zero attached hydrogens (tertiary/aromatic N) is 1. The fourth-order valence-electron chi connectivity index (χ4n) is 0.926. The second kappa shape index (κ2) is 4.36. The monoisotopic (exact) mass is 213 g/mol. The second-order valence-corrected chi connectivity index (χ2v) is 2.63. The molecule has 0 aliphatic heterocycles. The Hall–Kier alpha value is -2.18. The van der Waals surface area contributed by atoms with Crippen LogP contribution in [0.1, 0.15) is 0 Å². The Labute approximate surface area is 84.2 Å². The van der Waals surface area contributed by atoms with Crippen LogP contribution in [0, 0.1) is 15.9 Å². The molecule has 0 radical (unpaired) electrons. The van der Waals surface area contributed by atoms with Gasteiger partial charge in [0.05, 0.1) is 4.92 Å². The van der Waals surface area contributed by atoms with Gasteiger partial charge in [0.15, 0.2) is 0 Å². The first-order valence-electron chi connectivity index (χ1n) is 3.97. The van der Waals surface area contributed by atoms with Gasteiger partial charge in [-0.2, -0.15) is 4.39 Å². The summed E-state index contributed by atoms with van der Waals surface area (Å²) >= 11 is 0. The number of nitro groups is 1. The van der Waals surface area contributed by atoms with E-state index >= 15 is 0 Å². The lowest BCUT2D eigenvalue weighted by atomic mass is 10.2. The Bertz CT molecular complexity index is 408. The molecule has 2 N–H and O–H groups in total. The molecule has 0 heterocycles. The molecular weight excluding hydrogens is 205 g/mol. The SMILES string of the molecule is CNC(=O)Nc1ccc([N+](=O)[O-])c(F)c1. The van der Waals surface area contributed by atoms with Crippen molar-refractivity contribution in [2.24, 2.45) is 0 Å². The quantitative estimate of drug-likeness (QED) is 0.576. The van der Waals surface area contributed by atoms with E-state index in [0.717, 1.165) is 12.1 Å². The number of anilines is 1. The van der Waals surface area contributed by atoms with Crippen molar-refractivity contribution >= 4 is 17.4 Å². The average molecular weight is 213 g/mol. The number of hydrogen-bond donors (Lipinski definition) is 2. The predicted molar refractivity (Wildman–Crippen MR) is 51.1 cm³/mol. The van der Waals surface area contributed by atoms with Crippen molar-refractivity contribution in [1.82, 2.24) is 5.32 Å². The van der Waals surface area contributed by atoms with E-state index in [-0.39, 0.29) is 5.69 Å². The standard InChI is InChI=1S/C8H8FN3O3/c1-10-8(13)11-5-2-3-7(12(14)15)6(9)4-5/h2-4H,1H3,(H2,10,11,13). The number of carbonyl (C=O) groups is 1. The Kier molecular flexibility index (Phi) is 3.17. The van der Waals surface area contributed by atoms with E-state index in [1.807, 2.05) is 0 Å². The summed E-state index contributed by atoms with van der Waals surface area (Å²) in [6, 6.07) is 2.59. The maximum atomic E-state index is 13.0. The third-order valence-corrected chi connectivity index (χ3v) is 1.63. The highest BCUT2D eigenvalue weighted by Crippen LogP contribution is 2.20. The third-order valence-electron chi connectivity index (χ3n) is 1.63. The zero-order valence-corrected chi connectivity index (χ0v) is 7.78. The molecule has 0 fully saturated rings. The summed E-state index contributed by atoms with van der Waals surface area (Å²) in [6.07, 6.45) is 0. The lowest BCUT2D eigenvalue weighted by Crippen LogP contribution is -2.24. The smallest absolute Gasteiger partial charge is 0.318 e. The van der Waals surface area contributed by atoms with Crippen LogP contribution in [0.4, 0.5) is 20.6 Å². The zero-order chi connectivity index (χ0) is 11.4. The summed E-state index contributed by atoms with van der Waals surface area (Å²) < 4.78 is 13.0. The molecule has 1 aromatic carbocycles. The molecule has 0 aliphatic rings.